The zero-order chi connectivity index (χ0) is 19.8. The van der Waals surface area contributed by atoms with Crippen LogP contribution in [-0.4, -0.2) is 54.6 Å². The summed E-state index contributed by atoms with van der Waals surface area (Å²) in [5.74, 6) is 0.210. The first kappa shape index (κ1) is 19.8. The van der Waals surface area contributed by atoms with E-state index in [0.717, 1.165) is 31.7 Å². The van der Waals surface area contributed by atoms with E-state index >= 15 is 0 Å². The number of carbonyl (C=O) groups excluding carboxylic acids is 1. The molecule has 0 bridgehead atoms. The molecule has 148 valence electrons. The van der Waals surface area contributed by atoms with Gasteiger partial charge < -0.3 is 4.90 Å². The largest absolute Gasteiger partial charge is 0.340 e. The molecule has 9 heteroatoms. The van der Waals surface area contributed by atoms with Crippen LogP contribution in [0.4, 0.5) is 5.69 Å². The molecular formula is C18H25N3O5S. The van der Waals surface area contributed by atoms with Crippen molar-refractivity contribution in [3.63, 3.8) is 0 Å². The van der Waals surface area contributed by atoms with Crippen LogP contribution in [0.1, 0.15) is 36.8 Å². The van der Waals surface area contributed by atoms with Gasteiger partial charge in [-0.1, -0.05) is 12.8 Å². The minimum Gasteiger partial charge on any atom is -0.340 e. The topological polar surface area (TPSA) is 101 Å². The number of rotatable bonds is 4. The Morgan fingerprint density at radius 2 is 1.70 bits per heavy atom. The van der Waals surface area contributed by atoms with Crippen LogP contribution in [0, 0.1) is 29.9 Å². The summed E-state index contributed by atoms with van der Waals surface area (Å²) in [6.07, 6.45) is 4.00. The van der Waals surface area contributed by atoms with Gasteiger partial charge in [0, 0.05) is 44.2 Å². The molecule has 1 aliphatic carbocycles. The minimum atomic E-state index is -3.85. The van der Waals surface area contributed by atoms with Gasteiger partial charge in [-0.25, -0.2) is 8.42 Å². The van der Waals surface area contributed by atoms with Crippen LogP contribution in [0.15, 0.2) is 17.0 Å². The van der Waals surface area contributed by atoms with Gasteiger partial charge in [0.25, 0.3) is 5.69 Å². The molecule has 2 fully saturated rings. The lowest BCUT2D eigenvalue weighted by Gasteiger charge is -2.35. The van der Waals surface area contributed by atoms with Gasteiger partial charge in [0.15, 0.2) is 0 Å². The maximum absolute atomic E-state index is 13.1. The van der Waals surface area contributed by atoms with Crippen molar-refractivity contribution in [2.75, 3.05) is 26.2 Å². The Morgan fingerprint density at radius 1 is 1.11 bits per heavy atom. The molecule has 0 N–H and O–H groups in total. The van der Waals surface area contributed by atoms with Gasteiger partial charge in [-0.3, -0.25) is 14.9 Å². The van der Waals surface area contributed by atoms with E-state index < -0.39 is 14.9 Å². The number of hydrogen-bond donors (Lipinski definition) is 0. The number of nitro benzene ring substituents is 1. The second-order valence-electron chi connectivity index (χ2n) is 7.35. The van der Waals surface area contributed by atoms with E-state index in [1.54, 1.807) is 18.7 Å². The van der Waals surface area contributed by atoms with E-state index in [1.807, 2.05) is 0 Å². The third kappa shape index (κ3) is 3.84. The van der Waals surface area contributed by atoms with E-state index in [-0.39, 0.29) is 35.5 Å². The fourth-order valence-electron chi connectivity index (χ4n) is 3.90. The highest BCUT2D eigenvalue weighted by molar-refractivity contribution is 7.89. The average molecular weight is 395 g/mol. The summed E-state index contributed by atoms with van der Waals surface area (Å²) in [7, 11) is -3.85. The second kappa shape index (κ2) is 7.55. The first-order valence-electron chi connectivity index (χ1n) is 9.26. The molecule has 1 heterocycles. The first-order valence-corrected chi connectivity index (χ1v) is 10.7. The van der Waals surface area contributed by atoms with E-state index in [2.05, 4.69) is 0 Å². The molecule has 8 nitrogen and oxygen atoms in total. The lowest BCUT2D eigenvalue weighted by atomic mass is 10.1. The van der Waals surface area contributed by atoms with Crippen molar-refractivity contribution in [1.29, 1.82) is 0 Å². The summed E-state index contributed by atoms with van der Waals surface area (Å²) in [4.78, 5) is 24.8. The van der Waals surface area contributed by atoms with E-state index in [9.17, 15) is 23.3 Å². The van der Waals surface area contributed by atoms with Crippen molar-refractivity contribution in [2.24, 2.45) is 5.92 Å². The average Bonchev–Trinajstić information content (AvgIpc) is 3.17. The van der Waals surface area contributed by atoms with Crippen molar-refractivity contribution in [2.45, 2.75) is 44.4 Å². The Morgan fingerprint density at radius 3 is 2.26 bits per heavy atom. The quantitative estimate of drug-likeness (QED) is 0.575. The third-order valence-electron chi connectivity index (χ3n) is 5.69. The van der Waals surface area contributed by atoms with Crippen LogP contribution in [0.3, 0.4) is 0 Å². The van der Waals surface area contributed by atoms with Gasteiger partial charge in [0.2, 0.25) is 15.9 Å². The molecular weight excluding hydrogens is 370 g/mol. The van der Waals surface area contributed by atoms with Crippen LogP contribution < -0.4 is 0 Å². The molecule has 27 heavy (non-hydrogen) atoms. The lowest BCUT2D eigenvalue weighted by molar-refractivity contribution is -0.385. The number of hydrogen-bond acceptors (Lipinski definition) is 5. The number of piperazine rings is 1. The summed E-state index contributed by atoms with van der Waals surface area (Å²) in [5.41, 5.74) is 0.856. The summed E-state index contributed by atoms with van der Waals surface area (Å²) in [5, 5.41) is 11.1. The monoisotopic (exact) mass is 395 g/mol. The number of nitrogens with zero attached hydrogens (tertiary/aromatic N) is 3. The van der Waals surface area contributed by atoms with Crippen LogP contribution >= 0.6 is 0 Å². The zero-order valence-electron chi connectivity index (χ0n) is 15.7. The number of nitro groups is 1. The zero-order valence-corrected chi connectivity index (χ0v) is 16.5. The number of aryl methyl sites for hydroxylation is 1. The number of amides is 1. The van der Waals surface area contributed by atoms with Gasteiger partial charge >= 0.3 is 0 Å². The Labute approximate surface area is 159 Å². The number of benzene rings is 1. The van der Waals surface area contributed by atoms with Crippen LogP contribution in [-0.2, 0) is 14.8 Å². The van der Waals surface area contributed by atoms with Gasteiger partial charge in [0.05, 0.1) is 9.82 Å². The van der Waals surface area contributed by atoms with Crippen LogP contribution in [0.25, 0.3) is 0 Å². The van der Waals surface area contributed by atoms with Gasteiger partial charge in [-0.15, -0.1) is 0 Å². The SMILES string of the molecule is Cc1cc([N+](=O)[O-])cc(S(=O)(=O)N2CCN(C(=O)C3CCCC3)CC2)c1C. The van der Waals surface area contributed by atoms with E-state index in [4.69, 9.17) is 0 Å². The predicted molar refractivity (Wildman–Crippen MR) is 99.9 cm³/mol. The highest BCUT2D eigenvalue weighted by Crippen LogP contribution is 2.30. The van der Waals surface area contributed by atoms with Crippen molar-refractivity contribution < 1.29 is 18.1 Å². The fourth-order valence-corrected chi connectivity index (χ4v) is 5.64. The van der Waals surface area contributed by atoms with Crippen molar-refractivity contribution in [3.05, 3.63) is 33.4 Å². The third-order valence-corrected chi connectivity index (χ3v) is 7.71. The molecule has 2 aliphatic rings. The number of non-ortho nitro benzene ring substituents is 1. The van der Waals surface area contributed by atoms with E-state index in [1.165, 1.54) is 10.4 Å². The fraction of sp³-hybridized carbons (Fsp3) is 0.611. The van der Waals surface area contributed by atoms with E-state index in [0.29, 0.717) is 24.2 Å². The van der Waals surface area contributed by atoms with Crippen LogP contribution in [0.5, 0.6) is 0 Å². The molecule has 1 aliphatic heterocycles. The Balaban J connectivity index is 1.77. The molecule has 0 aromatic heterocycles. The van der Waals surface area contributed by atoms with Crippen LogP contribution in [0.2, 0.25) is 0 Å². The van der Waals surface area contributed by atoms with Crippen molar-refractivity contribution >= 4 is 21.6 Å². The molecule has 3 rings (SSSR count). The minimum absolute atomic E-state index is 0.0234. The predicted octanol–water partition coefficient (Wildman–Crippen LogP) is 2.23. The number of carbonyl (C=O) groups is 1. The first-order chi connectivity index (χ1) is 12.7. The molecule has 0 radical (unpaired) electrons. The summed E-state index contributed by atoms with van der Waals surface area (Å²) in [6.45, 7) is 4.47. The highest BCUT2D eigenvalue weighted by Gasteiger charge is 2.34. The van der Waals surface area contributed by atoms with Gasteiger partial charge in [-0.05, 0) is 37.8 Å². The number of sulfonamides is 1. The summed E-state index contributed by atoms with van der Waals surface area (Å²) < 4.78 is 27.5. The van der Waals surface area contributed by atoms with Gasteiger partial charge in [0.1, 0.15) is 0 Å². The maximum Gasteiger partial charge on any atom is 0.271 e. The molecule has 0 spiro atoms. The summed E-state index contributed by atoms with van der Waals surface area (Å²) in [6, 6.07) is 2.51. The molecule has 1 saturated carbocycles. The maximum atomic E-state index is 13.1. The smallest absolute Gasteiger partial charge is 0.271 e. The lowest BCUT2D eigenvalue weighted by Crippen LogP contribution is -2.51. The standard InChI is InChI=1S/C18H25N3O5S/c1-13-11-16(21(23)24)12-17(14(13)2)27(25,26)20-9-7-19(8-10-20)18(22)15-5-3-4-6-15/h11-12,15H,3-10H2,1-2H3. The molecule has 0 unspecified atom stereocenters. The molecule has 0 atom stereocenters. The van der Waals surface area contributed by atoms with Gasteiger partial charge in [-0.2, -0.15) is 4.31 Å². The van der Waals surface area contributed by atoms with Crippen molar-refractivity contribution in [1.82, 2.24) is 9.21 Å². The molecule has 1 saturated heterocycles. The normalized spacial score (nSPS) is 19.4. The second-order valence-corrected chi connectivity index (χ2v) is 9.26. The Hall–Kier alpha value is -2.00. The van der Waals surface area contributed by atoms with Crippen molar-refractivity contribution in [3.8, 4) is 0 Å². The molecule has 1 aromatic rings. The Kier molecular flexibility index (Phi) is 5.53. The summed E-state index contributed by atoms with van der Waals surface area (Å²) >= 11 is 0. The highest BCUT2D eigenvalue weighted by atomic mass is 32.2. The Bertz CT molecular complexity index is 854. The molecule has 1 amide bonds. The molecule has 1 aromatic carbocycles.